The van der Waals surface area contributed by atoms with Gasteiger partial charge in [0.1, 0.15) is 0 Å². The molecular weight excluding hydrogens is 310 g/mol. The molecule has 1 saturated heterocycles. The average molecular weight is 324 g/mol. The maximum absolute atomic E-state index is 12.1. The number of hydrogen-bond donors (Lipinski definition) is 0. The molecule has 0 bridgehead atoms. The van der Waals surface area contributed by atoms with Crippen LogP contribution in [0, 0.1) is 5.92 Å². The third-order valence-electron chi connectivity index (χ3n) is 3.72. The first-order chi connectivity index (χ1) is 9.16. The zero-order valence-corrected chi connectivity index (χ0v) is 12.0. The van der Waals surface area contributed by atoms with E-state index in [2.05, 4.69) is 15.9 Å². The van der Waals surface area contributed by atoms with Crippen molar-refractivity contribution in [2.45, 2.75) is 12.8 Å². The molecule has 0 radical (unpaired) electrons. The van der Waals surface area contributed by atoms with Crippen LogP contribution < -0.4 is 4.90 Å². The summed E-state index contributed by atoms with van der Waals surface area (Å²) in [6.45, 7) is 2.10. The van der Waals surface area contributed by atoms with Crippen molar-refractivity contribution in [2.24, 2.45) is 5.92 Å². The Bertz CT molecular complexity index is 537. The number of anilines is 1. The summed E-state index contributed by atoms with van der Waals surface area (Å²) in [6, 6.07) is 5.42. The average Bonchev–Trinajstić information content (AvgIpc) is 2.65. The lowest BCUT2D eigenvalue weighted by Gasteiger charge is -2.27. The fraction of sp³-hybridized carbons (Fsp3) is 0.429. The number of benzene rings is 1. The van der Waals surface area contributed by atoms with Crippen molar-refractivity contribution in [1.29, 1.82) is 0 Å². The first kappa shape index (κ1) is 12.8. The van der Waals surface area contributed by atoms with Gasteiger partial charge < -0.3 is 9.64 Å². The molecule has 0 saturated carbocycles. The fourth-order valence-electron chi connectivity index (χ4n) is 2.64. The third kappa shape index (κ3) is 2.32. The summed E-state index contributed by atoms with van der Waals surface area (Å²) in [5.74, 6) is -0.386. The van der Waals surface area contributed by atoms with Crippen LogP contribution in [0.5, 0.6) is 0 Å². The standard InChI is InChI=1S/C14H14BrNO3/c15-10-1-2-12-11(7-10)13(17)14(18)16(12)8-9-3-5-19-6-4-9/h1-2,7,9H,3-6,8H2. The first-order valence-corrected chi connectivity index (χ1v) is 7.19. The second kappa shape index (κ2) is 5.06. The van der Waals surface area contributed by atoms with Gasteiger partial charge in [0.2, 0.25) is 0 Å². The van der Waals surface area contributed by atoms with Crippen LogP contribution in [0.2, 0.25) is 0 Å². The number of amides is 1. The number of rotatable bonds is 2. The van der Waals surface area contributed by atoms with Crippen LogP contribution in [0.25, 0.3) is 0 Å². The lowest BCUT2D eigenvalue weighted by atomic mass is 10.00. The number of carbonyl (C=O) groups is 2. The van der Waals surface area contributed by atoms with Gasteiger partial charge in [0.25, 0.3) is 11.7 Å². The van der Waals surface area contributed by atoms with Crippen molar-refractivity contribution < 1.29 is 14.3 Å². The Hall–Kier alpha value is -1.20. The number of nitrogens with zero attached hydrogens (tertiary/aromatic N) is 1. The highest BCUT2D eigenvalue weighted by atomic mass is 79.9. The van der Waals surface area contributed by atoms with Gasteiger partial charge in [0.05, 0.1) is 11.3 Å². The Kier molecular flexibility index (Phi) is 3.41. The van der Waals surface area contributed by atoms with Gasteiger partial charge in [-0.05, 0) is 37.0 Å². The lowest BCUT2D eigenvalue weighted by molar-refractivity contribution is -0.114. The van der Waals surface area contributed by atoms with E-state index in [-0.39, 0.29) is 0 Å². The van der Waals surface area contributed by atoms with Crippen LogP contribution in [-0.2, 0) is 9.53 Å². The number of halogens is 1. The zero-order chi connectivity index (χ0) is 13.4. The summed E-state index contributed by atoms with van der Waals surface area (Å²) in [4.78, 5) is 25.7. The summed E-state index contributed by atoms with van der Waals surface area (Å²) >= 11 is 3.33. The molecule has 0 aliphatic carbocycles. The Morgan fingerprint density at radius 2 is 2.00 bits per heavy atom. The maximum Gasteiger partial charge on any atom is 0.299 e. The molecule has 2 aliphatic rings. The van der Waals surface area contributed by atoms with E-state index >= 15 is 0 Å². The van der Waals surface area contributed by atoms with Crippen molar-refractivity contribution in [3.63, 3.8) is 0 Å². The minimum absolute atomic E-state index is 0.400. The molecule has 4 nitrogen and oxygen atoms in total. The molecule has 2 aliphatic heterocycles. The number of ether oxygens (including phenoxy) is 1. The molecule has 1 aromatic rings. The highest BCUT2D eigenvalue weighted by Gasteiger charge is 2.37. The molecule has 19 heavy (non-hydrogen) atoms. The molecule has 0 spiro atoms. The van der Waals surface area contributed by atoms with Crippen molar-refractivity contribution >= 4 is 33.3 Å². The van der Waals surface area contributed by atoms with E-state index in [0.717, 1.165) is 36.2 Å². The Morgan fingerprint density at radius 3 is 2.74 bits per heavy atom. The van der Waals surface area contributed by atoms with Crippen molar-refractivity contribution in [2.75, 3.05) is 24.7 Å². The van der Waals surface area contributed by atoms with Gasteiger partial charge in [-0.3, -0.25) is 9.59 Å². The van der Waals surface area contributed by atoms with Gasteiger partial charge in [0.15, 0.2) is 0 Å². The summed E-state index contributed by atoms with van der Waals surface area (Å²) in [5.41, 5.74) is 1.25. The van der Waals surface area contributed by atoms with Gasteiger partial charge in [0, 0.05) is 24.2 Å². The Labute approximate surface area is 119 Å². The predicted molar refractivity (Wildman–Crippen MR) is 74.4 cm³/mol. The molecule has 0 N–H and O–H groups in total. The number of Topliss-reactive ketones (excluding diaryl/α,β-unsaturated/α-hetero) is 1. The number of ketones is 1. The van der Waals surface area contributed by atoms with Crippen LogP contribution in [-0.4, -0.2) is 31.4 Å². The van der Waals surface area contributed by atoms with E-state index in [1.165, 1.54) is 0 Å². The normalized spacial score (nSPS) is 19.9. The largest absolute Gasteiger partial charge is 0.381 e. The van der Waals surface area contributed by atoms with E-state index in [9.17, 15) is 9.59 Å². The molecule has 0 unspecified atom stereocenters. The fourth-order valence-corrected chi connectivity index (χ4v) is 3.00. The summed E-state index contributed by atoms with van der Waals surface area (Å²) in [5, 5.41) is 0. The highest BCUT2D eigenvalue weighted by molar-refractivity contribution is 9.10. The minimum atomic E-state index is -0.403. The second-order valence-electron chi connectivity index (χ2n) is 4.96. The summed E-state index contributed by atoms with van der Waals surface area (Å²) in [7, 11) is 0. The first-order valence-electron chi connectivity index (χ1n) is 6.40. The van der Waals surface area contributed by atoms with Crippen LogP contribution in [0.4, 0.5) is 5.69 Å². The van der Waals surface area contributed by atoms with Gasteiger partial charge in [-0.25, -0.2) is 0 Å². The number of fused-ring (bicyclic) bond motifs is 1. The number of carbonyl (C=O) groups excluding carboxylic acids is 2. The van der Waals surface area contributed by atoms with Crippen LogP contribution in [0.15, 0.2) is 22.7 Å². The summed E-state index contributed by atoms with van der Waals surface area (Å²) in [6.07, 6.45) is 1.90. The van der Waals surface area contributed by atoms with Gasteiger partial charge in [-0.15, -0.1) is 0 Å². The Morgan fingerprint density at radius 1 is 1.26 bits per heavy atom. The van der Waals surface area contributed by atoms with Crippen molar-refractivity contribution in [3.05, 3.63) is 28.2 Å². The molecule has 100 valence electrons. The molecule has 1 fully saturated rings. The van der Waals surface area contributed by atoms with E-state index in [1.54, 1.807) is 11.0 Å². The molecule has 0 atom stereocenters. The van der Waals surface area contributed by atoms with E-state index in [1.807, 2.05) is 12.1 Å². The zero-order valence-electron chi connectivity index (χ0n) is 10.4. The van der Waals surface area contributed by atoms with Crippen LogP contribution >= 0.6 is 15.9 Å². The molecule has 2 heterocycles. The van der Waals surface area contributed by atoms with Gasteiger partial charge >= 0.3 is 0 Å². The monoisotopic (exact) mass is 323 g/mol. The molecule has 1 amide bonds. The molecule has 3 rings (SSSR count). The van der Waals surface area contributed by atoms with E-state index < -0.39 is 11.7 Å². The molecule has 0 aromatic heterocycles. The van der Waals surface area contributed by atoms with Crippen molar-refractivity contribution in [1.82, 2.24) is 0 Å². The highest BCUT2D eigenvalue weighted by Crippen LogP contribution is 2.32. The molecule has 5 heteroatoms. The SMILES string of the molecule is O=C1C(=O)N(CC2CCOCC2)c2ccc(Br)cc21. The summed E-state index contributed by atoms with van der Waals surface area (Å²) < 4.78 is 6.14. The van der Waals surface area contributed by atoms with Gasteiger partial charge in [-0.1, -0.05) is 15.9 Å². The van der Waals surface area contributed by atoms with Gasteiger partial charge in [-0.2, -0.15) is 0 Å². The predicted octanol–water partition coefficient (Wildman–Crippen LogP) is 2.41. The Balaban J connectivity index is 1.86. The minimum Gasteiger partial charge on any atom is -0.381 e. The number of hydrogen-bond acceptors (Lipinski definition) is 3. The molecular formula is C14H14BrNO3. The lowest BCUT2D eigenvalue weighted by Crippen LogP contribution is -2.36. The topological polar surface area (TPSA) is 46.6 Å². The van der Waals surface area contributed by atoms with Crippen LogP contribution in [0.1, 0.15) is 23.2 Å². The quantitative estimate of drug-likeness (QED) is 0.785. The smallest absolute Gasteiger partial charge is 0.299 e. The van der Waals surface area contributed by atoms with E-state index in [0.29, 0.717) is 18.0 Å². The third-order valence-corrected chi connectivity index (χ3v) is 4.21. The van der Waals surface area contributed by atoms with Crippen LogP contribution in [0.3, 0.4) is 0 Å². The maximum atomic E-state index is 12.1. The van der Waals surface area contributed by atoms with E-state index in [4.69, 9.17) is 4.74 Å². The van der Waals surface area contributed by atoms with Crippen molar-refractivity contribution in [3.8, 4) is 0 Å². The second-order valence-corrected chi connectivity index (χ2v) is 5.88. The molecule has 1 aromatic carbocycles.